The molecule has 98 valence electrons. The number of aliphatic carboxylic acids is 1. The molecule has 1 atom stereocenters. The van der Waals surface area contributed by atoms with Crippen LogP contribution in [-0.2, 0) is 4.79 Å². The monoisotopic (exact) mass is 254 g/mol. The average Bonchev–Trinajstić information content (AvgIpc) is 2.28. The standard InChI is InChI=1S/C12H15FN2O3/c1-8(11(16)17)7-15(2)12(18)14-10-5-3-4-9(13)6-10/h3-6,8H,7H2,1-2H3,(H,14,18)(H,16,17). The fourth-order valence-electron chi connectivity index (χ4n) is 1.36. The van der Waals surface area contributed by atoms with Crippen LogP contribution in [0.3, 0.4) is 0 Å². The molecule has 0 spiro atoms. The Morgan fingerprint density at radius 1 is 1.50 bits per heavy atom. The molecule has 0 bridgehead atoms. The second-order valence-electron chi connectivity index (χ2n) is 4.06. The lowest BCUT2D eigenvalue weighted by molar-refractivity contribution is -0.141. The van der Waals surface area contributed by atoms with Gasteiger partial charge in [-0.1, -0.05) is 13.0 Å². The number of nitrogens with one attached hydrogen (secondary N) is 1. The van der Waals surface area contributed by atoms with Gasteiger partial charge < -0.3 is 15.3 Å². The number of hydrogen-bond donors (Lipinski definition) is 2. The van der Waals surface area contributed by atoms with Gasteiger partial charge in [-0.2, -0.15) is 0 Å². The normalized spacial score (nSPS) is 11.7. The molecular formula is C12H15FN2O3. The number of hydrogen-bond acceptors (Lipinski definition) is 2. The van der Waals surface area contributed by atoms with Crippen molar-refractivity contribution in [3.8, 4) is 0 Å². The number of anilines is 1. The maximum absolute atomic E-state index is 12.9. The predicted molar refractivity (Wildman–Crippen MR) is 64.8 cm³/mol. The highest BCUT2D eigenvalue weighted by Crippen LogP contribution is 2.10. The van der Waals surface area contributed by atoms with Crippen LogP contribution in [-0.4, -0.2) is 35.6 Å². The van der Waals surface area contributed by atoms with Crippen molar-refractivity contribution in [2.24, 2.45) is 5.92 Å². The molecule has 0 radical (unpaired) electrons. The average molecular weight is 254 g/mol. The minimum Gasteiger partial charge on any atom is -0.481 e. The van der Waals surface area contributed by atoms with Crippen molar-refractivity contribution >= 4 is 17.7 Å². The number of urea groups is 1. The predicted octanol–water partition coefficient (Wildman–Crippen LogP) is 2.01. The van der Waals surface area contributed by atoms with Gasteiger partial charge in [0.1, 0.15) is 5.82 Å². The van der Waals surface area contributed by atoms with Gasteiger partial charge in [-0.25, -0.2) is 9.18 Å². The van der Waals surface area contributed by atoms with Gasteiger partial charge >= 0.3 is 12.0 Å². The number of rotatable bonds is 4. The molecule has 1 rings (SSSR count). The minimum absolute atomic E-state index is 0.0798. The molecule has 2 N–H and O–H groups in total. The van der Waals surface area contributed by atoms with Crippen molar-refractivity contribution in [3.63, 3.8) is 0 Å². The Balaban J connectivity index is 2.57. The molecule has 18 heavy (non-hydrogen) atoms. The summed E-state index contributed by atoms with van der Waals surface area (Å²) in [5, 5.41) is 11.2. The lowest BCUT2D eigenvalue weighted by atomic mass is 10.2. The molecule has 6 heteroatoms. The smallest absolute Gasteiger partial charge is 0.321 e. The van der Waals surface area contributed by atoms with Crippen LogP contribution >= 0.6 is 0 Å². The summed E-state index contributed by atoms with van der Waals surface area (Å²) in [5.74, 6) is -2.08. The van der Waals surface area contributed by atoms with E-state index in [9.17, 15) is 14.0 Å². The highest BCUT2D eigenvalue weighted by atomic mass is 19.1. The summed E-state index contributed by atoms with van der Waals surface area (Å²) < 4.78 is 12.9. The molecule has 0 saturated heterocycles. The second kappa shape index (κ2) is 6.00. The third-order valence-corrected chi connectivity index (χ3v) is 2.39. The topological polar surface area (TPSA) is 69.6 Å². The molecule has 1 aromatic carbocycles. The zero-order valence-corrected chi connectivity index (χ0v) is 10.2. The number of amides is 2. The molecule has 0 aliphatic heterocycles. The third kappa shape index (κ3) is 4.04. The van der Waals surface area contributed by atoms with E-state index in [1.165, 1.54) is 37.1 Å². The van der Waals surface area contributed by atoms with Gasteiger partial charge in [0, 0.05) is 19.3 Å². The molecule has 0 saturated carbocycles. The fourth-order valence-corrected chi connectivity index (χ4v) is 1.36. The molecule has 0 fully saturated rings. The fraction of sp³-hybridized carbons (Fsp3) is 0.333. The number of carbonyl (C=O) groups is 2. The summed E-state index contributed by atoms with van der Waals surface area (Å²) in [4.78, 5) is 23.6. The third-order valence-electron chi connectivity index (χ3n) is 2.39. The molecule has 0 aliphatic carbocycles. The quantitative estimate of drug-likeness (QED) is 0.863. The van der Waals surface area contributed by atoms with Crippen LogP contribution in [0.25, 0.3) is 0 Å². The number of carbonyl (C=O) groups excluding carboxylic acids is 1. The van der Waals surface area contributed by atoms with Crippen LogP contribution in [0.1, 0.15) is 6.92 Å². The Kier molecular flexibility index (Phi) is 4.65. The molecule has 0 aromatic heterocycles. The zero-order chi connectivity index (χ0) is 13.7. The van der Waals surface area contributed by atoms with Gasteiger partial charge in [0.05, 0.1) is 5.92 Å². The molecule has 2 amide bonds. The molecule has 1 aromatic rings. The Hall–Kier alpha value is -2.11. The van der Waals surface area contributed by atoms with Crippen molar-refractivity contribution in [2.75, 3.05) is 18.9 Å². The Labute approximate surface area is 104 Å². The van der Waals surface area contributed by atoms with E-state index in [1.807, 2.05) is 0 Å². The number of halogens is 1. The van der Waals surface area contributed by atoms with Crippen LogP contribution in [0.4, 0.5) is 14.9 Å². The lowest BCUT2D eigenvalue weighted by Crippen LogP contribution is -2.36. The van der Waals surface area contributed by atoms with E-state index < -0.39 is 23.7 Å². The summed E-state index contributed by atoms with van der Waals surface area (Å²) in [6.45, 7) is 1.59. The van der Waals surface area contributed by atoms with Gasteiger partial charge in [-0.15, -0.1) is 0 Å². The Morgan fingerprint density at radius 3 is 2.72 bits per heavy atom. The van der Waals surface area contributed by atoms with Crippen molar-refractivity contribution in [3.05, 3.63) is 30.1 Å². The molecule has 0 aliphatic rings. The van der Waals surface area contributed by atoms with Crippen LogP contribution in [0.15, 0.2) is 24.3 Å². The molecule has 1 unspecified atom stereocenters. The first-order chi connectivity index (χ1) is 8.40. The van der Waals surface area contributed by atoms with Crippen LogP contribution < -0.4 is 5.32 Å². The first kappa shape index (κ1) is 14.0. The number of carboxylic acid groups (broad SMARTS) is 1. The van der Waals surface area contributed by atoms with Crippen molar-refractivity contribution in [2.45, 2.75) is 6.92 Å². The van der Waals surface area contributed by atoms with Gasteiger partial charge in [-0.05, 0) is 18.2 Å². The van der Waals surface area contributed by atoms with Gasteiger partial charge in [-0.3, -0.25) is 4.79 Å². The number of carboxylic acids is 1. The maximum Gasteiger partial charge on any atom is 0.321 e. The number of benzene rings is 1. The maximum atomic E-state index is 12.9. The van der Waals surface area contributed by atoms with Gasteiger partial charge in [0.15, 0.2) is 0 Å². The Morgan fingerprint density at radius 2 is 2.17 bits per heavy atom. The highest BCUT2D eigenvalue weighted by Gasteiger charge is 2.17. The van der Waals surface area contributed by atoms with Crippen LogP contribution in [0, 0.1) is 11.7 Å². The van der Waals surface area contributed by atoms with E-state index in [0.29, 0.717) is 5.69 Å². The van der Waals surface area contributed by atoms with E-state index in [4.69, 9.17) is 5.11 Å². The number of nitrogens with zero attached hydrogens (tertiary/aromatic N) is 1. The second-order valence-corrected chi connectivity index (χ2v) is 4.06. The van der Waals surface area contributed by atoms with E-state index in [0.717, 1.165) is 0 Å². The zero-order valence-electron chi connectivity index (χ0n) is 10.2. The molecule has 5 nitrogen and oxygen atoms in total. The first-order valence-electron chi connectivity index (χ1n) is 5.40. The van der Waals surface area contributed by atoms with Crippen molar-refractivity contribution < 1.29 is 19.1 Å². The van der Waals surface area contributed by atoms with E-state index >= 15 is 0 Å². The molecule has 0 heterocycles. The first-order valence-corrected chi connectivity index (χ1v) is 5.40. The van der Waals surface area contributed by atoms with E-state index in [-0.39, 0.29) is 6.54 Å². The highest BCUT2D eigenvalue weighted by molar-refractivity contribution is 5.89. The lowest BCUT2D eigenvalue weighted by Gasteiger charge is -2.20. The summed E-state index contributed by atoms with van der Waals surface area (Å²) in [6.07, 6.45) is 0. The summed E-state index contributed by atoms with van der Waals surface area (Å²) in [7, 11) is 1.48. The summed E-state index contributed by atoms with van der Waals surface area (Å²) in [6, 6.07) is 5.01. The molecular weight excluding hydrogens is 239 g/mol. The minimum atomic E-state index is -0.972. The van der Waals surface area contributed by atoms with Crippen LogP contribution in [0.2, 0.25) is 0 Å². The van der Waals surface area contributed by atoms with Gasteiger partial charge in [0.25, 0.3) is 0 Å². The van der Waals surface area contributed by atoms with Crippen molar-refractivity contribution in [1.82, 2.24) is 4.90 Å². The van der Waals surface area contributed by atoms with Crippen molar-refractivity contribution in [1.29, 1.82) is 0 Å². The largest absolute Gasteiger partial charge is 0.481 e. The Bertz CT molecular complexity index is 451. The van der Waals surface area contributed by atoms with E-state index in [1.54, 1.807) is 6.07 Å². The van der Waals surface area contributed by atoms with E-state index in [2.05, 4.69) is 5.32 Å². The van der Waals surface area contributed by atoms with Crippen LogP contribution in [0.5, 0.6) is 0 Å². The van der Waals surface area contributed by atoms with Gasteiger partial charge in [0.2, 0.25) is 0 Å². The SMILES string of the molecule is CC(CN(C)C(=O)Nc1cccc(F)c1)C(=O)O. The summed E-state index contributed by atoms with van der Waals surface area (Å²) >= 11 is 0. The summed E-state index contributed by atoms with van der Waals surface area (Å²) in [5.41, 5.74) is 0.329.